The zero-order valence-electron chi connectivity index (χ0n) is 10.9. The lowest BCUT2D eigenvalue weighted by atomic mass is 9.89. The average molecular weight is 246 g/mol. The van der Waals surface area contributed by atoms with E-state index in [0.29, 0.717) is 11.3 Å². The molecule has 0 aliphatic heterocycles. The van der Waals surface area contributed by atoms with Gasteiger partial charge in [0.05, 0.1) is 18.6 Å². The highest BCUT2D eigenvalue weighted by molar-refractivity contribution is 5.43. The molecule has 0 bridgehead atoms. The minimum Gasteiger partial charge on any atom is -0.491 e. The zero-order chi connectivity index (χ0) is 13.2. The first-order valence-electron chi connectivity index (χ1n) is 6.03. The van der Waals surface area contributed by atoms with E-state index in [4.69, 9.17) is 9.15 Å². The summed E-state index contributed by atoms with van der Waals surface area (Å²) in [6.45, 7) is 5.66. The maximum Gasteiger partial charge on any atom is 0.126 e. The molecule has 1 aromatic carbocycles. The zero-order valence-corrected chi connectivity index (χ0v) is 10.9. The van der Waals surface area contributed by atoms with E-state index in [1.807, 2.05) is 38.1 Å². The van der Waals surface area contributed by atoms with Gasteiger partial charge in [-0.15, -0.1) is 0 Å². The molecule has 1 atom stereocenters. The van der Waals surface area contributed by atoms with E-state index in [9.17, 15) is 5.11 Å². The van der Waals surface area contributed by atoms with Gasteiger partial charge < -0.3 is 14.3 Å². The summed E-state index contributed by atoms with van der Waals surface area (Å²) in [4.78, 5) is 0. The Balaban J connectivity index is 2.44. The van der Waals surface area contributed by atoms with Crippen molar-refractivity contribution in [3.05, 3.63) is 54.0 Å². The van der Waals surface area contributed by atoms with Crippen LogP contribution >= 0.6 is 0 Å². The smallest absolute Gasteiger partial charge is 0.126 e. The van der Waals surface area contributed by atoms with Crippen LogP contribution in [0.2, 0.25) is 0 Å². The molecule has 1 unspecified atom stereocenters. The molecule has 1 aromatic heterocycles. The van der Waals surface area contributed by atoms with E-state index >= 15 is 0 Å². The maximum absolute atomic E-state index is 10.7. The van der Waals surface area contributed by atoms with Crippen LogP contribution in [0.1, 0.15) is 31.9 Å². The highest BCUT2D eigenvalue weighted by atomic mass is 16.5. The molecular weight excluding hydrogens is 228 g/mol. The lowest BCUT2D eigenvalue weighted by Gasteiger charge is -2.25. The molecule has 0 aliphatic carbocycles. The van der Waals surface area contributed by atoms with Crippen LogP contribution in [0.5, 0.6) is 5.75 Å². The van der Waals surface area contributed by atoms with Crippen molar-refractivity contribution >= 4 is 0 Å². The Hall–Kier alpha value is -1.74. The number of rotatable bonds is 4. The SMILES string of the molecule is CC(C)Oc1ccccc1C(C)(O)c1ccoc1. The van der Waals surface area contributed by atoms with Gasteiger partial charge in [0.25, 0.3) is 0 Å². The van der Waals surface area contributed by atoms with Gasteiger partial charge in [-0.25, -0.2) is 0 Å². The van der Waals surface area contributed by atoms with Crippen molar-refractivity contribution in [2.75, 3.05) is 0 Å². The molecule has 2 aromatic rings. The number of para-hydroxylation sites is 1. The summed E-state index contributed by atoms with van der Waals surface area (Å²) < 4.78 is 10.8. The molecule has 0 radical (unpaired) electrons. The van der Waals surface area contributed by atoms with E-state index < -0.39 is 5.60 Å². The number of hydrogen-bond acceptors (Lipinski definition) is 3. The molecule has 96 valence electrons. The van der Waals surface area contributed by atoms with Gasteiger partial charge in [0.2, 0.25) is 0 Å². The summed E-state index contributed by atoms with van der Waals surface area (Å²) >= 11 is 0. The number of furan rings is 1. The molecular formula is C15H18O3. The molecule has 0 saturated carbocycles. The first kappa shape index (κ1) is 12.7. The fourth-order valence-corrected chi connectivity index (χ4v) is 1.92. The van der Waals surface area contributed by atoms with E-state index in [1.54, 1.807) is 25.5 Å². The average Bonchev–Trinajstić information content (AvgIpc) is 2.82. The Morgan fingerprint density at radius 3 is 2.56 bits per heavy atom. The van der Waals surface area contributed by atoms with Crippen LogP contribution in [0.3, 0.4) is 0 Å². The summed E-state index contributed by atoms with van der Waals surface area (Å²) in [5.74, 6) is 0.693. The van der Waals surface area contributed by atoms with Gasteiger partial charge in [0, 0.05) is 11.1 Å². The summed E-state index contributed by atoms with van der Waals surface area (Å²) in [5, 5.41) is 10.7. The van der Waals surface area contributed by atoms with E-state index in [1.165, 1.54) is 0 Å². The second-order valence-electron chi connectivity index (χ2n) is 4.75. The Kier molecular flexibility index (Phi) is 3.43. The molecule has 0 saturated heterocycles. The van der Waals surface area contributed by atoms with Gasteiger partial charge >= 0.3 is 0 Å². The summed E-state index contributed by atoms with van der Waals surface area (Å²) in [5.41, 5.74) is 0.320. The quantitative estimate of drug-likeness (QED) is 0.899. The Labute approximate surface area is 107 Å². The fourth-order valence-electron chi connectivity index (χ4n) is 1.92. The molecule has 3 nitrogen and oxygen atoms in total. The van der Waals surface area contributed by atoms with Crippen molar-refractivity contribution in [3.63, 3.8) is 0 Å². The number of benzene rings is 1. The van der Waals surface area contributed by atoms with Crippen LogP contribution < -0.4 is 4.74 Å². The summed E-state index contributed by atoms with van der Waals surface area (Å²) in [6, 6.07) is 9.27. The molecule has 2 rings (SSSR count). The van der Waals surface area contributed by atoms with Crippen molar-refractivity contribution in [2.24, 2.45) is 0 Å². The van der Waals surface area contributed by atoms with Gasteiger partial charge in [-0.2, -0.15) is 0 Å². The van der Waals surface area contributed by atoms with Crippen molar-refractivity contribution in [1.82, 2.24) is 0 Å². The predicted octanol–water partition coefficient (Wildman–Crippen LogP) is 3.32. The van der Waals surface area contributed by atoms with E-state index in [0.717, 1.165) is 5.56 Å². The summed E-state index contributed by atoms with van der Waals surface area (Å²) in [7, 11) is 0. The molecule has 0 fully saturated rings. The molecule has 1 heterocycles. The number of ether oxygens (including phenoxy) is 1. The van der Waals surface area contributed by atoms with E-state index in [2.05, 4.69) is 0 Å². The van der Waals surface area contributed by atoms with E-state index in [-0.39, 0.29) is 6.10 Å². The highest BCUT2D eigenvalue weighted by Gasteiger charge is 2.30. The second kappa shape index (κ2) is 4.86. The summed E-state index contributed by atoms with van der Waals surface area (Å²) in [6.07, 6.45) is 3.16. The normalized spacial score (nSPS) is 14.5. The molecule has 1 N–H and O–H groups in total. The molecule has 0 amide bonds. The Bertz CT molecular complexity index is 498. The fraction of sp³-hybridized carbons (Fsp3) is 0.333. The highest BCUT2D eigenvalue weighted by Crippen LogP contribution is 2.35. The minimum atomic E-state index is -1.13. The minimum absolute atomic E-state index is 0.0614. The molecule has 3 heteroatoms. The van der Waals surface area contributed by atoms with Crippen LogP contribution in [-0.2, 0) is 5.60 Å². The van der Waals surface area contributed by atoms with Gasteiger partial charge in [-0.1, -0.05) is 18.2 Å². The van der Waals surface area contributed by atoms with Crippen molar-refractivity contribution in [1.29, 1.82) is 0 Å². The first-order valence-corrected chi connectivity index (χ1v) is 6.03. The van der Waals surface area contributed by atoms with Crippen molar-refractivity contribution in [3.8, 4) is 5.75 Å². The van der Waals surface area contributed by atoms with Gasteiger partial charge in [0.15, 0.2) is 0 Å². The topological polar surface area (TPSA) is 42.6 Å². The van der Waals surface area contributed by atoms with Crippen LogP contribution in [0.15, 0.2) is 47.3 Å². The largest absolute Gasteiger partial charge is 0.491 e. The van der Waals surface area contributed by atoms with Crippen LogP contribution in [0, 0.1) is 0 Å². The number of hydrogen-bond donors (Lipinski definition) is 1. The number of aliphatic hydroxyl groups is 1. The van der Waals surface area contributed by atoms with Gasteiger partial charge in [-0.05, 0) is 32.9 Å². The van der Waals surface area contributed by atoms with Crippen LogP contribution in [-0.4, -0.2) is 11.2 Å². The maximum atomic E-state index is 10.7. The first-order chi connectivity index (χ1) is 8.51. The van der Waals surface area contributed by atoms with Crippen LogP contribution in [0.4, 0.5) is 0 Å². The standard InChI is InChI=1S/C15H18O3/c1-11(2)18-14-7-5-4-6-13(14)15(3,16)12-8-9-17-10-12/h4-11,16H,1-3H3. The molecule has 0 aliphatic rings. The predicted molar refractivity (Wildman–Crippen MR) is 69.6 cm³/mol. The lowest BCUT2D eigenvalue weighted by Crippen LogP contribution is -2.23. The third-order valence-corrected chi connectivity index (χ3v) is 2.86. The lowest BCUT2D eigenvalue weighted by molar-refractivity contribution is 0.0951. The van der Waals surface area contributed by atoms with Crippen LogP contribution in [0.25, 0.3) is 0 Å². The second-order valence-corrected chi connectivity index (χ2v) is 4.75. The molecule has 18 heavy (non-hydrogen) atoms. The van der Waals surface area contributed by atoms with Gasteiger partial charge in [-0.3, -0.25) is 0 Å². The molecule has 0 spiro atoms. The third kappa shape index (κ3) is 2.41. The third-order valence-electron chi connectivity index (χ3n) is 2.86. The Morgan fingerprint density at radius 2 is 1.94 bits per heavy atom. The van der Waals surface area contributed by atoms with Crippen molar-refractivity contribution < 1.29 is 14.3 Å². The van der Waals surface area contributed by atoms with Crippen molar-refractivity contribution in [2.45, 2.75) is 32.5 Å². The monoisotopic (exact) mass is 246 g/mol. The Morgan fingerprint density at radius 1 is 1.22 bits per heavy atom. The van der Waals surface area contributed by atoms with Gasteiger partial charge in [0.1, 0.15) is 11.4 Å².